The van der Waals surface area contributed by atoms with E-state index in [2.05, 4.69) is 58.9 Å². The van der Waals surface area contributed by atoms with Gasteiger partial charge in [-0.3, -0.25) is 0 Å². The van der Waals surface area contributed by atoms with E-state index in [1.54, 1.807) is 0 Å². The smallest absolute Gasteiger partial charge is 0.399 e. The molecule has 128 valence electrons. The number of unbranched alkanes of at least 4 members (excludes halogenated alkanes) is 5. The van der Waals surface area contributed by atoms with Crippen molar-refractivity contribution < 1.29 is 9.31 Å². The molecule has 1 aliphatic rings. The molecule has 1 aromatic carbocycles. The van der Waals surface area contributed by atoms with Crippen LogP contribution in [0.2, 0.25) is 0 Å². The molecule has 0 N–H and O–H groups in total. The molecular weight excluding hydrogens is 283 g/mol. The molecule has 1 aliphatic heterocycles. The third-order valence-corrected chi connectivity index (χ3v) is 5.30. The van der Waals surface area contributed by atoms with Crippen molar-refractivity contribution >= 4 is 12.6 Å². The van der Waals surface area contributed by atoms with Gasteiger partial charge in [-0.1, -0.05) is 63.3 Å². The van der Waals surface area contributed by atoms with Gasteiger partial charge < -0.3 is 9.31 Å². The predicted octanol–water partition coefficient (Wildman–Crippen LogP) is 4.89. The van der Waals surface area contributed by atoms with Crippen LogP contribution >= 0.6 is 0 Å². The highest BCUT2D eigenvalue weighted by Gasteiger charge is 2.51. The van der Waals surface area contributed by atoms with Gasteiger partial charge in [0.25, 0.3) is 0 Å². The van der Waals surface area contributed by atoms with Crippen LogP contribution in [-0.4, -0.2) is 18.3 Å². The fourth-order valence-corrected chi connectivity index (χ4v) is 2.98. The molecule has 1 heterocycles. The first-order valence-electron chi connectivity index (χ1n) is 9.30. The summed E-state index contributed by atoms with van der Waals surface area (Å²) in [5.74, 6) is 0. The van der Waals surface area contributed by atoms with E-state index in [9.17, 15) is 0 Å². The second kappa shape index (κ2) is 7.85. The summed E-state index contributed by atoms with van der Waals surface area (Å²) in [6.45, 7) is 10.7. The first kappa shape index (κ1) is 18.5. The Bertz CT molecular complexity index is 480. The Kier molecular flexibility index (Phi) is 6.33. The van der Waals surface area contributed by atoms with Crippen LogP contribution < -0.4 is 5.46 Å². The first-order valence-corrected chi connectivity index (χ1v) is 9.30. The van der Waals surface area contributed by atoms with Gasteiger partial charge in [0, 0.05) is 0 Å². The summed E-state index contributed by atoms with van der Waals surface area (Å²) in [4.78, 5) is 0. The van der Waals surface area contributed by atoms with Crippen molar-refractivity contribution in [1.29, 1.82) is 0 Å². The number of hydrogen-bond acceptors (Lipinski definition) is 2. The van der Waals surface area contributed by atoms with Crippen LogP contribution in [0, 0.1) is 0 Å². The van der Waals surface area contributed by atoms with Gasteiger partial charge in [-0.15, -0.1) is 0 Å². The van der Waals surface area contributed by atoms with Gasteiger partial charge in [0.15, 0.2) is 0 Å². The maximum absolute atomic E-state index is 6.15. The Labute approximate surface area is 143 Å². The van der Waals surface area contributed by atoms with Gasteiger partial charge >= 0.3 is 7.12 Å². The first-order chi connectivity index (χ1) is 10.9. The van der Waals surface area contributed by atoms with E-state index in [1.165, 1.54) is 44.1 Å². The molecule has 1 fully saturated rings. The molecule has 3 heteroatoms. The molecule has 0 radical (unpaired) electrons. The van der Waals surface area contributed by atoms with E-state index in [0.29, 0.717) is 0 Å². The SMILES string of the molecule is CCCCCCCCc1cccc(B2OC(C)(C)C(C)(C)O2)c1. The average Bonchev–Trinajstić information content (AvgIpc) is 2.72. The minimum atomic E-state index is -0.271. The van der Waals surface area contributed by atoms with Crippen molar-refractivity contribution in [3.63, 3.8) is 0 Å². The van der Waals surface area contributed by atoms with Gasteiger partial charge in [-0.05, 0) is 51.6 Å². The maximum atomic E-state index is 6.15. The molecule has 0 atom stereocenters. The van der Waals surface area contributed by atoms with E-state index in [4.69, 9.17) is 9.31 Å². The molecule has 23 heavy (non-hydrogen) atoms. The van der Waals surface area contributed by atoms with Crippen molar-refractivity contribution in [2.45, 2.75) is 90.8 Å². The summed E-state index contributed by atoms with van der Waals surface area (Å²) in [5.41, 5.74) is 2.00. The van der Waals surface area contributed by atoms with Crippen molar-refractivity contribution in [2.75, 3.05) is 0 Å². The predicted molar refractivity (Wildman–Crippen MR) is 99.2 cm³/mol. The number of hydrogen-bond donors (Lipinski definition) is 0. The quantitative estimate of drug-likeness (QED) is 0.502. The largest absolute Gasteiger partial charge is 0.494 e. The molecule has 0 aromatic heterocycles. The van der Waals surface area contributed by atoms with E-state index < -0.39 is 0 Å². The highest BCUT2D eigenvalue weighted by molar-refractivity contribution is 6.62. The van der Waals surface area contributed by atoms with Gasteiger partial charge in [-0.25, -0.2) is 0 Å². The summed E-state index contributed by atoms with van der Waals surface area (Å²) in [7, 11) is -0.246. The molecule has 0 spiro atoms. The Morgan fingerprint density at radius 1 is 0.870 bits per heavy atom. The topological polar surface area (TPSA) is 18.5 Å². The van der Waals surface area contributed by atoms with Crippen LogP contribution in [-0.2, 0) is 15.7 Å². The molecule has 1 aromatic rings. The lowest BCUT2D eigenvalue weighted by Crippen LogP contribution is -2.41. The summed E-state index contributed by atoms with van der Waals surface area (Å²) in [6.07, 6.45) is 9.19. The molecule has 0 unspecified atom stereocenters. The van der Waals surface area contributed by atoms with E-state index in [-0.39, 0.29) is 18.3 Å². The third kappa shape index (κ3) is 4.84. The molecular formula is C20H33BO2. The number of aryl methyl sites for hydroxylation is 1. The van der Waals surface area contributed by atoms with Crippen molar-refractivity contribution in [3.8, 4) is 0 Å². The third-order valence-electron chi connectivity index (χ3n) is 5.30. The van der Waals surface area contributed by atoms with Crippen molar-refractivity contribution in [3.05, 3.63) is 29.8 Å². The van der Waals surface area contributed by atoms with Crippen LogP contribution in [0.5, 0.6) is 0 Å². The number of rotatable bonds is 8. The van der Waals surface area contributed by atoms with Crippen molar-refractivity contribution in [1.82, 2.24) is 0 Å². The lowest BCUT2D eigenvalue weighted by atomic mass is 9.78. The molecule has 2 rings (SSSR count). The normalized spacial score (nSPS) is 19.3. The van der Waals surface area contributed by atoms with Gasteiger partial charge in [0.1, 0.15) is 0 Å². The van der Waals surface area contributed by atoms with Crippen LogP contribution in [0.15, 0.2) is 24.3 Å². The number of benzene rings is 1. The second-order valence-electron chi connectivity index (χ2n) is 7.85. The monoisotopic (exact) mass is 316 g/mol. The minimum Gasteiger partial charge on any atom is -0.399 e. The highest BCUT2D eigenvalue weighted by atomic mass is 16.7. The minimum absolute atomic E-state index is 0.246. The second-order valence-corrected chi connectivity index (χ2v) is 7.85. The molecule has 2 nitrogen and oxygen atoms in total. The Balaban J connectivity index is 1.88. The van der Waals surface area contributed by atoms with Crippen LogP contribution in [0.25, 0.3) is 0 Å². The van der Waals surface area contributed by atoms with E-state index in [0.717, 1.165) is 11.9 Å². The summed E-state index contributed by atoms with van der Waals surface area (Å²) < 4.78 is 12.3. The van der Waals surface area contributed by atoms with E-state index in [1.807, 2.05) is 0 Å². The zero-order valence-electron chi connectivity index (χ0n) is 15.7. The molecule has 0 amide bonds. The van der Waals surface area contributed by atoms with Gasteiger partial charge in [0.05, 0.1) is 11.2 Å². The van der Waals surface area contributed by atoms with Gasteiger partial charge in [-0.2, -0.15) is 0 Å². The van der Waals surface area contributed by atoms with E-state index >= 15 is 0 Å². The molecule has 1 saturated heterocycles. The summed E-state index contributed by atoms with van der Waals surface area (Å²) in [6, 6.07) is 8.73. The van der Waals surface area contributed by atoms with Crippen LogP contribution in [0.1, 0.15) is 78.7 Å². The molecule has 0 bridgehead atoms. The average molecular weight is 316 g/mol. The van der Waals surface area contributed by atoms with Crippen LogP contribution in [0.4, 0.5) is 0 Å². The molecule has 0 saturated carbocycles. The lowest BCUT2D eigenvalue weighted by molar-refractivity contribution is 0.00578. The van der Waals surface area contributed by atoms with Crippen molar-refractivity contribution in [2.24, 2.45) is 0 Å². The Hall–Kier alpha value is -0.795. The lowest BCUT2D eigenvalue weighted by Gasteiger charge is -2.32. The zero-order valence-corrected chi connectivity index (χ0v) is 15.7. The Morgan fingerprint density at radius 3 is 2.13 bits per heavy atom. The van der Waals surface area contributed by atoms with Gasteiger partial charge in [0.2, 0.25) is 0 Å². The highest BCUT2D eigenvalue weighted by Crippen LogP contribution is 2.36. The standard InChI is InChI=1S/C20H33BO2/c1-6-7-8-9-10-11-13-17-14-12-15-18(16-17)21-22-19(2,3)20(4,5)23-21/h12,14-16H,6-11,13H2,1-5H3. The summed E-state index contributed by atoms with van der Waals surface area (Å²) >= 11 is 0. The zero-order chi connectivity index (χ0) is 16.9. The Morgan fingerprint density at radius 2 is 1.48 bits per heavy atom. The van der Waals surface area contributed by atoms with Crippen LogP contribution in [0.3, 0.4) is 0 Å². The maximum Gasteiger partial charge on any atom is 0.494 e. The summed E-state index contributed by atoms with van der Waals surface area (Å²) in [5, 5.41) is 0. The fourth-order valence-electron chi connectivity index (χ4n) is 2.98. The fraction of sp³-hybridized carbons (Fsp3) is 0.700. The molecule has 0 aliphatic carbocycles.